The largest absolute Gasteiger partial charge is 0.497 e. The molecule has 1 N–H and O–H groups in total. The van der Waals surface area contributed by atoms with Crippen LogP contribution in [0.25, 0.3) is 0 Å². The number of aliphatic hydroxyl groups is 1. The molecule has 0 aliphatic rings. The van der Waals surface area contributed by atoms with Crippen molar-refractivity contribution >= 4 is 11.8 Å². The Morgan fingerprint density at radius 1 is 1.16 bits per heavy atom. The molecule has 2 rings (SSSR count). The van der Waals surface area contributed by atoms with Crippen molar-refractivity contribution < 1.29 is 14.2 Å². The monoisotopic (exact) mass is 278 g/mol. The van der Waals surface area contributed by atoms with Gasteiger partial charge in [-0.1, -0.05) is 23.9 Å². The molecule has 0 radical (unpaired) electrons. The first-order chi connectivity index (χ1) is 9.11. The van der Waals surface area contributed by atoms with Gasteiger partial charge in [0.25, 0.3) is 0 Å². The van der Waals surface area contributed by atoms with Gasteiger partial charge in [-0.2, -0.15) is 0 Å². The van der Waals surface area contributed by atoms with Gasteiger partial charge >= 0.3 is 0 Å². The van der Waals surface area contributed by atoms with E-state index in [0.29, 0.717) is 10.5 Å². The molecule has 2 nitrogen and oxygen atoms in total. The van der Waals surface area contributed by atoms with E-state index in [4.69, 9.17) is 4.74 Å². The second-order valence-corrected chi connectivity index (χ2v) is 5.20. The highest BCUT2D eigenvalue weighted by molar-refractivity contribution is 7.99. The van der Waals surface area contributed by atoms with Crippen LogP contribution in [0.1, 0.15) is 18.6 Å². The lowest BCUT2D eigenvalue weighted by molar-refractivity contribution is 0.195. The van der Waals surface area contributed by atoms with Crippen LogP contribution in [0, 0.1) is 5.82 Å². The summed E-state index contributed by atoms with van der Waals surface area (Å²) in [5.74, 6) is 0.438. The summed E-state index contributed by atoms with van der Waals surface area (Å²) in [5, 5.41) is 9.69. The Kier molecular flexibility index (Phi) is 4.45. The van der Waals surface area contributed by atoms with E-state index in [9.17, 15) is 9.50 Å². The van der Waals surface area contributed by atoms with Gasteiger partial charge in [0, 0.05) is 4.90 Å². The molecule has 0 heterocycles. The molecule has 0 fully saturated rings. The van der Waals surface area contributed by atoms with E-state index in [-0.39, 0.29) is 5.82 Å². The maximum absolute atomic E-state index is 13.9. The molecule has 4 heteroatoms. The molecule has 0 saturated heterocycles. The number of halogens is 1. The Morgan fingerprint density at radius 2 is 1.84 bits per heavy atom. The molecule has 0 amide bonds. The number of methoxy groups -OCH3 is 1. The average molecular weight is 278 g/mol. The third-order valence-corrected chi connectivity index (χ3v) is 3.87. The van der Waals surface area contributed by atoms with Gasteiger partial charge in [-0.25, -0.2) is 4.39 Å². The molecule has 0 spiro atoms. The zero-order chi connectivity index (χ0) is 13.8. The zero-order valence-electron chi connectivity index (χ0n) is 10.8. The van der Waals surface area contributed by atoms with Gasteiger partial charge in [-0.05, 0) is 42.8 Å². The molecule has 2 aromatic rings. The van der Waals surface area contributed by atoms with E-state index in [2.05, 4.69) is 0 Å². The summed E-state index contributed by atoms with van der Waals surface area (Å²) in [6, 6.07) is 12.1. The van der Waals surface area contributed by atoms with E-state index in [0.717, 1.165) is 10.6 Å². The number of aliphatic hydroxyl groups excluding tert-OH is 1. The van der Waals surface area contributed by atoms with E-state index in [1.54, 1.807) is 26.2 Å². The van der Waals surface area contributed by atoms with Crippen molar-refractivity contribution in [1.29, 1.82) is 0 Å². The number of hydrogen-bond acceptors (Lipinski definition) is 3. The predicted molar refractivity (Wildman–Crippen MR) is 74.2 cm³/mol. The first-order valence-corrected chi connectivity index (χ1v) is 6.72. The quantitative estimate of drug-likeness (QED) is 0.915. The lowest BCUT2D eigenvalue weighted by atomic mass is 10.1. The molecule has 100 valence electrons. The van der Waals surface area contributed by atoms with Crippen molar-refractivity contribution in [3.05, 3.63) is 53.8 Å². The third-order valence-electron chi connectivity index (χ3n) is 2.73. The van der Waals surface area contributed by atoms with Gasteiger partial charge in [0.2, 0.25) is 0 Å². The summed E-state index contributed by atoms with van der Waals surface area (Å²) in [5.41, 5.74) is 0.598. The van der Waals surface area contributed by atoms with Crippen LogP contribution in [0.4, 0.5) is 4.39 Å². The molecule has 2 aromatic carbocycles. The molecule has 0 aromatic heterocycles. The molecular weight excluding hydrogens is 263 g/mol. The first kappa shape index (κ1) is 13.9. The van der Waals surface area contributed by atoms with Gasteiger partial charge in [0.15, 0.2) is 0 Å². The first-order valence-electron chi connectivity index (χ1n) is 5.90. The standard InChI is InChI=1S/C15H15FO2S/c1-10(17)13-4-3-5-14(16)15(13)19-12-8-6-11(18-2)7-9-12/h3-10,17H,1-2H3/t10-/m0/s1. The van der Waals surface area contributed by atoms with Crippen LogP contribution in [-0.4, -0.2) is 12.2 Å². The molecule has 1 atom stereocenters. The summed E-state index contributed by atoms with van der Waals surface area (Å²) < 4.78 is 19.0. The van der Waals surface area contributed by atoms with Crippen LogP contribution in [0.3, 0.4) is 0 Å². The molecule has 0 aliphatic heterocycles. The van der Waals surface area contributed by atoms with Crippen LogP contribution in [0.15, 0.2) is 52.3 Å². The number of ether oxygens (including phenoxy) is 1. The molecule has 0 saturated carbocycles. The highest BCUT2D eigenvalue weighted by Gasteiger charge is 2.13. The van der Waals surface area contributed by atoms with E-state index >= 15 is 0 Å². The minimum atomic E-state index is -0.698. The Labute approximate surface area is 116 Å². The summed E-state index contributed by atoms with van der Waals surface area (Å²) in [6.07, 6.45) is -0.698. The maximum Gasteiger partial charge on any atom is 0.137 e. The lowest BCUT2D eigenvalue weighted by Gasteiger charge is -2.12. The number of hydrogen-bond donors (Lipinski definition) is 1. The minimum Gasteiger partial charge on any atom is -0.497 e. The van der Waals surface area contributed by atoms with Crippen molar-refractivity contribution in [2.75, 3.05) is 7.11 Å². The Bertz CT molecular complexity index is 553. The fraction of sp³-hybridized carbons (Fsp3) is 0.200. The number of benzene rings is 2. The van der Waals surface area contributed by atoms with E-state index in [1.165, 1.54) is 17.8 Å². The third kappa shape index (κ3) is 3.28. The van der Waals surface area contributed by atoms with Crippen molar-refractivity contribution in [3.63, 3.8) is 0 Å². The van der Waals surface area contributed by atoms with Gasteiger partial charge in [0.05, 0.1) is 18.1 Å². The summed E-state index contributed by atoms with van der Waals surface area (Å²) >= 11 is 1.30. The van der Waals surface area contributed by atoms with Crippen LogP contribution in [-0.2, 0) is 0 Å². The number of rotatable bonds is 4. The van der Waals surface area contributed by atoms with Gasteiger partial charge in [-0.15, -0.1) is 0 Å². The normalized spacial score (nSPS) is 12.2. The van der Waals surface area contributed by atoms with Crippen molar-refractivity contribution in [2.24, 2.45) is 0 Å². The van der Waals surface area contributed by atoms with E-state index < -0.39 is 6.10 Å². The van der Waals surface area contributed by atoms with Crippen molar-refractivity contribution in [2.45, 2.75) is 22.8 Å². The Hall–Kier alpha value is -1.52. The highest BCUT2D eigenvalue weighted by atomic mass is 32.2. The second-order valence-electron chi connectivity index (χ2n) is 4.11. The molecule has 19 heavy (non-hydrogen) atoms. The van der Waals surface area contributed by atoms with Gasteiger partial charge in [0.1, 0.15) is 11.6 Å². The van der Waals surface area contributed by atoms with Crippen LogP contribution < -0.4 is 4.74 Å². The van der Waals surface area contributed by atoms with E-state index in [1.807, 2.05) is 24.3 Å². The second kappa shape index (κ2) is 6.08. The summed E-state index contributed by atoms with van der Waals surface area (Å²) in [6.45, 7) is 1.63. The summed E-state index contributed by atoms with van der Waals surface area (Å²) in [4.78, 5) is 1.36. The smallest absolute Gasteiger partial charge is 0.137 e. The Morgan fingerprint density at radius 3 is 2.42 bits per heavy atom. The predicted octanol–water partition coefficient (Wildman–Crippen LogP) is 4.04. The topological polar surface area (TPSA) is 29.5 Å². The minimum absolute atomic E-state index is 0.320. The van der Waals surface area contributed by atoms with Crippen LogP contribution >= 0.6 is 11.8 Å². The maximum atomic E-state index is 13.9. The SMILES string of the molecule is COc1ccc(Sc2c(F)cccc2[C@H](C)O)cc1. The Balaban J connectivity index is 2.31. The average Bonchev–Trinajstić information content (AvgIpc) is 2.41. The molecule has 0 bridgehead atoms. The highest BCUT2D eigenvalue weighted by Crippen LogP contribution is 2.35. The lowest BCUT2D eigenvalue weighted by Crippen LogP contribution is -1.96. The van der Waals surface area contributed by atoms with Crippen molar-refractivity contribution in [3.8, 4) is 5.75 Å². The fourth-order valence-corrected chi connectivity index (χ4v) is 2.75. The molecule has 0 unspecified atom stereocenters. The molecule has 0 aliphatic carbocycles. The molecular formula is C15H15FO2S. The van der Waals surface area contributed by atoms with Crippen LogP contribution in [0.2, 0.25) is 0 Å². The van der Waals surface area contributed by atoms with Crippen molar-refractivity contribution in [1.82, 2.24) is 0 Å². The van der Waals surface area contributed by atoms with Gasteiger partial charge < -0.3 is 9.84 Å². The zero-order valence-corrected chi connectivity index (χ0v) is 11.6. The van der Waals surface area contributed by atoms with Gasteiger partial charge in [-0.3, -0.25) is 0 Å². The van der Waals surface area contributed by atoms with Crippen LogP contribution in [0.5, 0.6) is 5.75 Å². The summed E-state index contributed by atoms with van der Waals surface area (Å²) in [7, 11) is 1.60. The fourth-order valence-electron chi connectivity index (χ4n) is 1.72.